The summed E-state index contributed by atoms with van der Waals surface area (Å²) in [5.41, 5.74) is 7.93. The lowest BCUT2D eigenvalue weighted by molar-refractivity contribution is 0.646. The van der Waals surface area contributed by atoms with Crippen LogP contribution in [0.3, 0.4) is 0 Å². The molecule has 0 spiro atoms. The summed E-state index contributed by atoms with van der Waals surface area (Å²) in [6, 6.07) is 3.71. The number of aromatic nitrogens is 2. The second kappa shape index (κ2) is 4.98. The first-order valence-electron chi connectivity index (χ1n) is 5.18. The first kappa shape index (κ1) is 12.9. The van der Waals surface area contributed by atoms with E-state index in [1.54, 1.807) is 4.68 Å². The SMILES string of the molecule is Cc1nn(C)c(CC(N)c2ccc(Cl)s2)c1Cl. The number of nitrogens with two attached hydrogens (primary N) is 1. The van der Waals surface area contributed by atoms with Crippen LogP contribution in [0.15, 0.2) is 12.1 Å². The summed E-state index contributed by atoms with van der Waals surface area (Å²) in [5, 5.41) is 4.97. The van der Waals surface area contributed by atoms with E-state index < -0.39 is 0 Å². The van der Waals surface area contributed by atoms with Gasteiger partial charge < -0.3 is 5.73 Å². The Kier molecular flexibility index (Phi) is 3.78. The quantitative estimate of drug-likeness (QED) is 0.942. The maximum atomic E-state index is 6.19. The number of nitrogens with zero attached hydrogens (tertiary/aromatic N) is 2. The Bertz CT molecular complexity index is 533. The topological polar surface area (TPSA) is 43.8 Å². The Balaban J connectivity index is 2.21. The largest absolute Gasteiger partial charge is 0.323 e. The van der Waals surface area contributed by atoms with Gasteiger partial charge in [0.15, 0.2) is 0 Å². The standard InChI is InChI=1S/C11H13Cl2N3S/c1-6-11(13)8(16(2)15-6)5-7(14)9-3-4-10(12)17-9/h3-4,7H,5,14H2,1-2H3. The first-order chi connectivity index (χ1) is 7.99. The van der Waals surface area contributed by atoms with Crippen molar-refractivity contribution in [2.45, 2.75) is 19.4 Å². The van der Waals surface area contributed by atoms with E-state index in [0.29, 0.717) is 11.4 Å². The number of thiophene rings is 1. The van der Waals surface area contributed by atoms with Gasteiger partial charge in [-0.25, -0.2) is 0 Å². The molecule has 0 bridgehead atoms. The van der Waals surface area contributed by atoms with E-state index in [1.165, 1.54) is 11.3 Å². The molecule has 0 aliphatic heterocycles. The minimum Gasteiger partial charge on any atom is -0.323 e. The van der Waals surface area contributed by atoms with Crippen molar-refractivity contribution in [3.05, 3.63) is 37.8 Å². The third kappa shape index (κ3) is 2.65. The molecule has 0 saturated carbocycles. The number of rotatable bonds is 3. The van der Waals surface area contributed by atoms with Gasteiger partial charge in [-0.05, 0) is 19.1 Å². The smallest absolute Gasteiger partial charge is 0.0931 e. The highest BCUT2D eigenvalue weighted by atomic mass is 35.5. The zero-order valence-electron chi connectivity index (χ0n) is 9.58. The molecule has 0 aromatic carbocycles. The van der Waals surface area contributed by atoms with E-state index in [9.17, 15) is 0 Å². The molecule has 2 N–H and O–H groups in total. The van der Waals surface area contributed by atoms with Gasteiger partial charge in [0.05, 0.1) is 20.7 Å². The third-order valence-corrected chi connectivity index (χ3v) is 4.49. The number of halogens is 2. The number of hydrogen-bond acceptors (Lipinski definition) is 3. The van der Waals surface area contributed by atoms with Gasteiger partial charge in [0.2, 0.25) is 0 Å². The Hall–Kier alpha value is -0.550. The molecule has 2 aromatic heterocycles. The molecule has 0 radical (unpaired) electrons. The predicted octanol–water partition coefficient (Wildman–Crippen LogP) is 3.34. The maximum Gasteiger partial charge on any atom is 0.0931 e. The van der Waals surface area contributed by atoms with Crippen LogP contribution in [-0.4, -0.2) is 9.78 Å². The van der Waals surface area contributed by atoms with Gasteiger partial charge in [0, 0.05) is 24.4 Å². The van der Waals surface area contributed by atoms with Crippen LogP contribution in [0.5, 0.6) is 0 Å². The normalized spacial score (nSPS) is 13.0. The molecule has 92 valence electrons. The molecule has 0 aliphatic rings. The lowest BCUT2D eigenvalue weighted by atomic mass is 10.1. The third-order valence-electron chi connectivity index (χ3n) is 2.63. The van der Waals surface area contributed by atoms with E-state index in [0.717, 1.165) is 20.6 Å². The van der Waals surface area contributed by atoms with Gasteiger partial charge in [-0.15, -0.1) is 11.3 Å². The van der Waals surface area contributed by atoms with Crippen molar-refractivity contribution in [3.8, 4) is 0 Å². The van der Waals surface area contributed by atoms with E-state index in [2.05, 4.69) is 5.10 Å². The number of aryl methyl sites for hydroxylation is 2. The van der Waals surface area contributed by atoms with E-state index in [4.69, 9.17) is 28.9 Å². The summed E-state index contributed by atoms with van der Waals surface area (Å²) in [5.74, 6) is 0. The zero-order chi connectivity index (χ0) is 12.6. The second-order valence-electron chi connectivity index (χ2n) is 3.92. The molecular formula is C11H13Cl2N3S. The van der Waals surface area contributed by atoms with Crippen molar-refractivity contribution in [1.82, 2.24) is 9.78 Å². The molecule has 17 heavy (non-hydrogen) atoms. The molecule has 2 aromatic rings. The Labute approximate surface area is 114 Å². The van der Waals surface area contributed by atoms with E-state index in [1.807, 2.05) is 26.1 Å². The first-order valence-corrected chi connectivity index (χ1v) is 6.75. The average molecular weight is 290 g/mol. The molecule has 0 aliphatic carbocycles. The van der Waals surface area contributed by atoms with Gasteiger partial charge in [-0.1, -0.05) is 23.2 Å². The summed E-state index contributed by atoms with van der Waals surface area (Å²) < 4.78 is 2.54. The lowest BCUT2D eigenvalue weighted by Crippen LogP contribution is -2.14. The average Bonchev–Trinajstić information content (AvgIpc) is 2.79. The highest BCUT2D eigenvalue weighted by Gasteiger charge is 2.16. The summed E-state index contributed by atoms with van der Waals surface area (Å²) in [6.45, 7) is 1.89. The molecule has 3 nitrogen and oxygen atoms in total. The zero-order valence-corrected chi connectivity index (χ0v) is 11.9. The van der Waals surface area contributed by atoms with Gasteiger partial charge >= 0.3 is 0 Å². The molecule has 0 amide bonds. The number of hydrogen-bond donors (Lipinski definition) is 1. The Morgan fingerprint density at radius 1 is 1.47 bits per heavy atom. The van der Waals surface area contributed by atoms with E-state index in [-0.39, 0.29) is 6.04 Å². The molecule has 0 fully saturated rings. The second-order valence-corrected chi connectivity index (χ2v) is 6.05. The van der Waals surface area contributed by atoms with Crippen LogP contribution in [0.2, 0.25) is 9.36 Å². The summed E-state index contributed by atoms with van der Waals surface area (Å²) in [4.78, 5) is 1.06. The van der Waals surface area contributed by atoms with Crippen molar-refractivity contribution in [1.29, 1.82) is 0 Å². The lowest BCUT2D eigenvalue weighted by Gasteiger charge is -2.10. The van der Waals surface area contributed by atoms with Crippen LogP contribution in [-0.2, 0) is 13.5 Å². The molecule has 2 rings (SSSR count). The van der Waals surface area contributed by atoms with Gasteiger partial charge in [0.25, 0.3) is 0 Å². The molecule has 1 unspecified atom stereocenters. The molecule has 2 heterocycles. The van der Waals surface area contributed by atoms with Crippen molar-refractivity contribution >= 4 is 34.5 Å². The van der Waals surface area contributed by atoms with Gasteiger partial charge in [-0.3, -0.25) is 4.68 Å². The summed E-state index contributed by atoms with van der Waals surface area (Å²) >= 11 is 13.6. The highest BCUT2D eigenvalue weighted by molar-refractivity contribution is 7.16. The molecule has 0 saturated heterocycles. The highest BCUT2D eigenvalue weighted by Crippen LogP contribution is 2.29. The van der Waals surface area contributed by atoms with Crippen molar-refractivity contribution in [2.24, 2.45) is 12.8 Å². The summed E-state index contributed by atoms with van der Waals surface area (Å²) in [7, 11) is 1.88. The molecule has 1 atom stereocenters. The molecular weight excluding hydrogens is 277 g/mol. The fourth-order valence-corrected chi connectivity index (χ4v) is 3.04. The van der Waals surface area contributed by atoms with Gasteiger partial charge in [-0.2, -0.15) is 5.10 Å². The summed E-state index contributed by atoms with van der Waals surface area (Å²) in [6.07, 6.45) is 0.660. The minimum absolute atomic E-state index is 0.0974. The van der Waals surface area contributed by atoms with Crippen LogP contribution < -0.4 is 5.73 Å². The van der Waals surface area contributed by atoms with Crippen molar-refractivity contribution in [3.63, 3.8) is 0 Å². The fraction of sp³-hybridized carbons (Fsp3) is 0.364. The Morgan fingerprint density at radius 3 is 2.65 bits per heavy atom. The maximum absolute atomic E-state index is 6.19. The predicted molar refractivity (Wildman–Crippen MR) is 72.9 cm³/mol. The van der Waals surface area contributed by atoms with Crippen LogP contribution >= 0.6 is 34.5 Å². The van der Waals surface area contributed by atoms with E-state index >= 15 is 0 Å². The molecule has 6 heteroatoms. The van der Waals surface area contributed by atoms with Crippen LogP contribution in [0.25, 0.3) is 0 Å². The van der Waals surface area contributed by atoms with Gasteiger partial charge in [0.1, 0.15) is 0 Å². The Morgan fingerprint density at radius 2 is 2.18 bits per heavy atom. The van der Waals surface area contributed by atoms with Crippen molar-refractivity contribution < 1.29 is 0 Å². The monoisotopic (exact) mass is 289 g/mol. The van der Waals surface area contributed by atoms with Crippen LogP contribution in [0.4, 0.5) is 0 Å². The van der Waals surface area contributed by atoms with Crippen molar-refractivity contribution in [2.75, 3.05) is 0 Å². The minimum atomic E-state index is -0.0974. The van der Waals surface area contributed by atoms with Crippen LogP contribution in [0.1, 0.15) is 22.3 Å². The fourth-order valence-electron chi connectivity index (χ4n) is 1.74. The van der Waals surface area contributed by atoms with Crippen LogP contribution in [0, 0.1) is 6.92 Å².